The number of allylic oxidation sites excluding steroid dienone is 1. The number of azo groups is 1. The summed E-state index contributed by atoms with van der Waals surface area (Å²) < 4.78 is 0. The van der Waals surface area contributed by atoms with Gasteiger partial charge in [0, 0.05) is 32.0 Å². The maximum atomic E-state index is 10.7. The third-order valence-electron chi connectivity index (χ3n) is 4.76. The minimum Gasteiger partial charge on any atom is -0.505 e. The van der Waals surface area contributed by atoms with Crippen molar-refractivity contribution in [2.45, 2.75) is 23.6 Å². The number of hydrogen-bond donors (Lipinski definition) is 6. The molecule has 0 aliphatic carbocycles. The molecule has 6 nitrogen and oxygen atoms in total. The second-order valence-electron chi connectivity index (χ2n) is 7.22. The number of hydrogen-bond acceptors (Lipinski definition) is 10. The minimum absolute atomic E-state index is 0.00578. The van der Waals surface area contributed by atoms with E-state index in [2.05, 4.69) is 58.6 Å². The van der Waals surface area contributed by atoms with Gasteiger partial charge in [-0.3, -0.25) is 5.43 Å². The second kappa shape index (κ2) is 11.1. The molecule has 0 amide bonds. The van der Waals surface area contributed by atoms with E-state index >= 15 is 0 Å². The average Bonchev–Trinajstić information content (AvgIpc) is 2.80. The summed E-state index contributed by atoms with van der Waals surface area (Å²) in [5.41, 5.74) is 12.6. The van der Waals surface area contributed by atoms with E-state index in [1.54, 1.807) is 31.2 Å². The van der Waals surface area contributed by atoms with Crippen LogP contribution in [0.15, 0.2) is 79.4 Å². The van der Waals surface area contributed by atoms with Crippen LogP contribution in [0.25, 0.3) is 10.8 Å². The minimum atomic E-state index is -0.00578. The molecule has 4 N–H and O–H groups in total. The highest BCUT2D eigenvalue weighted by Crippen LogP contribution is 2.41. The van der Waals surface area contributed by atoms with Gasteiger partial charge >= 0.3 is 0 Å². The van der Waals surface area contributed by atoms with Crippen molar-refractivity contribution in [3.63, 3.8) is 0 Å². The number of hydrazone groups is 1. The van der Waals surface area contributed by atoms with Crippen LogP contribution in [0.1, 0.15) is 12.5 Å². The van der Waals surface area contributed by atoms with E-state index < -0.39 is 0 Å². The van der Waals surface area contributed by atoms with E-state index in [0.717, 1.165) is 11.3 Å². The normalized spacial score (nSPS) is 12.5. The van der Waals surface area contributed by atoms with Gasteiger partial charge in [-0.05, 0) is 50.3 Å². The van der Waals surface area contributed by atoms with Gasteiger partial charge in [-0.15, -0.1) is 25.3 Å². The summed E-state index contributed by atoms with van der Waals surface area (Å²) in [7, 11) is 0. The number of anilines is 2. The Morgan fingerprint density at radius 1 is 1.15 bits per heavy atom. The number of phenols is 1. The molecule has 170 valence electrons. The molecule has 0 atom stereocenters. The van der Waals surface area contributed by atoms with Crippen molar-refractivity contribution in [1.82, 2.24) is 0 Å². The van der Waals surface area contributed by atoms with Crippen LogP contribution < -0.4 is 11.2 Å². The molecule has 0 saturated carbocycles. The van der Waals surface area contributed by atoms with Crippen LogP contribution in [0.4, 0.5) is 17.1 Å². The number of rotatable bonds is 7. The molecule has 0 unspecified atom stereocenters. The monoisotopic (exact) mass is 513 g/mol. The number of aromatic hydroxyl groups is 1. The van der Waals surface area contributed by atoms with Crippen molar-refractivity contribution in [1.29, 1.82) is 0 Å². The third-order valence-corrected chi connectivity index (χ3v) is 6.35. The van der Waals surface area contributed by atoms with Gasteiger partial charge in [0.2, 0.25) is 0 Å². The van der Waals surface area contributed by atoms with Crippen LogP contribution >= 0.6 is 50.1 Å². The highest BCUT2D eigenvalue weighted by molar-refractivity contribution is 7.82. The zero-order chi connectivity index (χ0) is 24.1. The molecule has 10 heteroatoms. The van der Waals surface area contributed by atoms with Gasteiger partial charge in [0.25, 0.3) is 0 Å². The lowest BCUT2D eigenvalue weighted by molar-refractivity contribution is 0.482. The molecule has 0 aromatic heterocycles. The Bertz CT molecular complexity index is 1300. The summed E-state index contributed by atoms with van der Waals surface area (Å²) in [4.78, 5) is 1.53. The maximum absolute atomic E-state index is 10.7. The van der Waals surface area contributed by atoms with Crippen molar-refractivity contribution in [2.75, 3.05) is 16.9 Å². The largest absolute Gasteiger partial charge is 0.505 e. The summed E-state index contributed by atoms with van der Waals surface area (Å²) in [5.74, 6) is 0.353. The first-order valence-electron chi connectivity index (χ1n) is 9.81. The second-order valence-corrected chi connectivity index (χ2v) is 8.91. The Kier molecular flexibility index (Phi) is 8.41. The number of nitrogens with one attached hydrogen (secondary N) is 1. The number of phenolic OH excluding ortho intramolecular Hbond substituents is 1. The Morgan fingerprint density at radius 3 is 2.52 bits per heavy atom. The van der Waals surface area contributed by atoms with Crippen LogP contribution in [0.2, 0.25) is 0 Å². The van der Waals surface area contributed by atoms with Crippen LogP contribution in [0.5, 0.6) is 5.75 Å². The first-order chi connectivity index (χ1) is 15.7. The molecule has 3 aromatic rings. The number of nitrogens with two attached hydrogens (primary N) is 1. The van der Waals surface area contributed by atoms with Gasteiger partial charge in [0.15, 0.2) is 0 Å². The Hall–Kier alpha value is -2.53. The molecule has 0 spiro atoms. The number of nitrogens with zero attached hydrogens (tertiary/aromatic N) is 3. The third kappa shape index (κ3) is 6.08. The lowest BCUT2D eigenvalue weighted by Crippen LogP contribution is -2.08. The fraction of sp³-hybridized carbons (Fsp3) is 0.130. The van der Waals surface area contributed by atoms with E-state index in [-0.39, 0.29) is 5.75 Å². The van der Waals surface area contributed by atoms with Crippen LogP contribution in [-0.4, -0.2) is 21.4 Å². The molecule has 0 fully saturated rings. The summed E-state index contributed by atoms with van der Waals surface area (Å²) in [6.45, 7) is 3.76. The van der Waals surface area contributed by atoms with Gasteiger partial charge in [-0.1, -0.05) is 29.9 Å². The van der Waals surface area contributed by atoms with Crippen LogP contribution in [-0.2, 0) is 0 Å². The van der Waals surface area contributed by atoms with Crippen molar-refractivity contribution in [2.24, 2.45) is 15.3 Å². The highest BCUT2D eigenvalue weighted by atomic mass is 32.1. The molecule has 0 saturated heterocycles. The van der Waals surface area contributed by atoms with Gasteiger partial charge in [0.05, 0.1) is 22.0 Å². The molecular formula is C23H23N5OS4. The van der Waals surface area contributed by atoms with E-state index in [1.165, 1.54) is 0 Å². The maximum Gasteiger partial charge on any atom is 0.149 e. The van der Waals surface area contributed by atoms with Crippen molar-refractivity contribution >= 4 is 88.5 Å². The number of nitrogen functional groups attached to an aromatic ring is 1. The molecule has 0 aliphatic rings. The standard InChI is InChI=1S/C23H23N5OS4/c1-12-3-5-14(6-4-12)26-27-15(11-30)9-19(31)13(2)25-28-21-20(32)10-17-16(22(21)29)7-8-18(24)23(17)33/h3-10,28-30,32-33H,11,24H2,1-2H3/b15-9+,25-13?,27-26?. The van der Waals surface area contributed by atoms with E-state index in [1.807, 2.05) is 31.2 Å². The Labute approximate surface area is 214 Å². The van der Waals surface area contributed by atoms with Gasteiger partial charge in [-0.2, -0.15) is 28.0 Å². The lowest BCUT2D eigenvalue weighted by atomic mass is 10.1. The Balaban J connectivity index is 1.81. The van der Waals surface area contributed by atoms with Gasteiger partial charge < -0.3 is 10.8 Å². The summed E-state index contributed by atoms with van der Waals surface area (Å²) in [6, 6.07) is 12.9. The van der Waals surface area contributed by atoms with Crippen LogP contribution in [0.3, 0.4) is 0 Å². The van der Waals surface area contributed by atoms with Crippen molar-refractivity contribution in [3.05, 3.63) is 59.8 Å². The fourth-order valence-corrected chi connectivity index (χ4v) is 3.72. The number of thiocarbonyl (C=S) groups is 1. The smallest absolute Gasteiger partial charge is 0.149 e. The predicted molar refractivity (Wildman–Crippen MR) is 151 cm³/mol. The Morgan fingerprint density at radius 2 is 1.85 bits per heavy atom. The number of benzene rings is 3. The fourth-order valence-electron chi connectivity index (χ4n) is 2.84. The van der Waals surface area contributed by atoms with Crippen LogP contribution in [0, 0.1) is 6.92 Å². The molecule has 0 radical (unpaired) electrons. The van der Waals surface area contributed by atoms with E-state index in [9.17, 15) is 5.11 Å². The molecule has 3 rings (SSSR count). The number of fused-ring (bicyclic) bond motifs is 1. The topological polar surface area (TPSA) is 95.4 Å². The van der Waals surface area contributed by atoms with Gasteiger partial charge in [-0.25, -0.2) is 0 Å². The highest BCUT2D eigenvalue weighted by Gasteiger charge is 2.14. The quantitative estimate of drug-likeness (QED) is 0.0307. The summed E-state index contributed by atoms with van der Waals surface area (Å²) in [6.07, 6.45) is 1.69. The SMILES string of the molecule is CC(=NNc1c(S)cc2c(S)c(N)ccc2c1O)C(=S)/C=C(\CS)N=Nc1ccc(C)cc1. The molecule has 3 aromatic carbocycles. The molecule has 0 bridgehead atoms. The number of thiol groups is 3. The number of aryl methyl sites for hydroxylation is 1. The molecule has 33 heavy (non-hydrogen) atoms. The van der Waals surface area contributed by atoms with E-state index in [0.29, 0.717) is 54.0 Å². The summed E-state index contributed by atoms with van der Waals surface area (Å²) >= 11 is 18.7. The van der Waals surface area contributed by atoms with Crippen molar-refractivity contribution in [3.8, 4) is 5.75 Å². The zero-order valence-corrected chi connectivity index (χ0v) is 21.4. The van der Waals surface area contributed by atoms with Gasteiger partial charge in [0.1, 0.15) is 11.4 Å². The van der Waals surface area contributed by atoms with Crippen molar-refractivity contribution < 1.29 is 5.11 Å². The zero-order valence-electron chi connectivity index (χ0n) is 17.9. The first-order valence-corrected chi connectivity index (χ1v) is 11.7. The molecule has 0 aliphatic heterocycles. The molecular weight excluding hydrogens is 491 g/mol. The van der Waals surface area contributed by atoms with E-state index in [4.69, 9.17) is 18.0 Å². The predicted octanol–water partition coefficient (Wildman–Crippen LogP) is 6.77. The first kappa shape index (κ1) is 25.1. The average molecular weight is 514 g/mol. The summed E-state index contributed by atoms with van der Waals surface area (Å²) in [5, 5.41) is 24.8. The molecule has 0 heterocycles. The lowest BCUT2D eigenvalue weighted by Gasteiger charge is -2.13.